The van der Waals surface area contributed by atoms with Crippen molar-refractivity contribution in [2.24, 2.45) is 0 Å². The van der Waals surface area contributed by atoms with E-state index in [2.05, 4.69) is 45.4 Å². The first kappa shape index (κ1) is 21.4. The van der Waals surface area contributed by atoms with E-state index in [9.17, 15) is 4.79 Å². The zero-order valence-electron chi connectivity index (χ0n) is 17.7. The van der Waals surface area contributed by atoms with Crippen LogP contribution in [-0.4, -0.2) is 28.7 Å². The number of carbonyl (C=O) groups excluding carboxylic acids is 1. The Morgan fingerprint density at radius 2 is 1.93 bits per heavy atom. The van der Waals surface area contributed by atoms with Crippen molar-refractivity contribution in [1.82, 2.24) is 14.9 Å². The predicted octanol–water partition coefficient (Wildman–Crippen LogP) is 5.25. The Balaban J connectivity index is 1.51. The Morgan fingerprint density at radius 3 is 2.73 bits per heavy atom. The summed E-state index contributed by atoms with van der Waals surface area (Å²) in [5.41, 5.74) is 3.77. The third-order valence-electron chi connectivity index (χ3n) is 4.81. The monoisotopic (exact) mass is 406 g/mol. The van der Waals surface area contributed by atoms with Gasteiger partial charge in [0, 0.05) is 24.8 Å². The Bertz CT molecular complexity index is 937. The Labute approximate surface area is 178 Å². The molecule has 0 aliphatic heterocycles. The Hall–Kier alpha value is -3.28. The standard InChI is InChI=1S/C24H30N4O2/c1-3-4-14-25-24(29)27-23-19(2)10-8-13-22(23)30-16-9-15-28-17-21(26-18-28)20-11-6-5-7-12-20/h5-8,10-13,17-18H,3-4,9,14-16H2,1-2H3,(H2,25,27,29). The van der Waals surface area contributed by atoms with Crippen molar-refractivity contribution in [2.75, 3.05) is 18.5 Å². The van der Waals surface area contributed by atoms with E-state index in [1.807, 2.05) is 49.6 Å². The summed E-state index contributed by atoms with van der Waals surface area (Å²) in [6, 6.07) is 15.7. The second kappa shape index (κ2) is 11.0. The molecule has 2 amide bonds. The van der Waals surface area contributed by atoms with Gasteiger partial charge in [-0.15, -0.1) is 0 Å². The number of amides is 2. The summed E-state index contributed by atoms with van der Waals surface area (Å²) in [5.74, 6) is 0.691. The second-order valence-electron chi connectivity index (χ2n) is 7.25. The fraction of sp³-hybridized carbons (Fsp3) is 0.333. The lowest BCUT2D eigenvalue weighted by atomic mass is 10.2. The van der Waals surface area contributed by atoms with E-state index in [0.29, 0.717) is 18.9 Å². The fourth-order valence-electron chi connectivity index (χ4n) is 3.13. The van der Waals surface area contributed by atoms with Crippen LogP contribution in [0.3, 0.4) is 0 Å². The highest BCUT2D eigenvalue weighted by Gasteiger charge is 2.10. The number of imidazole rings is 1. The average Bonchev–Trinajstić information content (AvgIpc) is 3.23. The molecule has 0 saturated heterocycles. The Morgan fingerprint density at radius 1 is 1.10 bits per heavy atom. The molecule has 2 N–H and O–H groups in total. The summed E-state index contributed by atoms with van der Waals surface area (Å²) in [6.07, 6.45) is 6.74. The highest BCUT2D eigenvalue weighted by atomic mass is 16.5. The molecule has 0 aliphatic rings. The number of aryl methyl sites for hydroxylation is 2. The quantitative estimate of drug-likeness (QED) is 0.452. The molecule has 0 fully saturated rings. The lowest BCUT2D eigenvalue weighted by Crippen LogP contribution is -2.30. The molecular weight excluding hydrogens is 376 g/mol. The van der Waals surface area contributed by atoms with Gasteiger partial charge in [-0.2, -0.15) is 0 Å². The largest absolute Gasteiger partial charge is 0.491 e. The van der Waals surface area contributed by atoms with Crippen molar-refractivity contribution < 1.29 is 9.53 Å². The number of hydrogen-bond acceptors (Lipinski definition) is 3. The van der Waals surface area contributed by atoms with Crippen molar-refractivity contribution in [3.05, 3.63) is 66.6 Å². The molecule has 6 heteroatoms. The number of hydrogen-bond donors (Lipinski definition) is 2. The summed E-state index contributed by atoms with van der Waals surface area (Å²) in [7, 11) is 0. The topological polar surface area (TPSA) is 68.2 Å². The highest BCUT2D eigenvalue weighted by molar-refractivity contribution is 5.91. The zero-order chi connectivity index (χ0) is 21.2. The van der Waals surface area contributed by atoms with Gasteiger partial charge in [0.15, 0.2) is 0 Å². The number of ether oxygens (including phenoxy) is 1. The van der Waals surface area contributed by atoms with Gasteiger partial charge in [0.1, 0.15) is 5.75 Å². The molecule has 1 aromatic heterocycles. The van der Waals surface area contributed by atoms with Crippen molar-refractivity contribution in [2.45, 2.75) is 39.7 Å². The van der Waals surface area contributed by atoms with E-state index in [-0.39, 0.29) is 6.03 Å². The molecule has 0 bridgehead atoms. The molecule has 3 aromatic rings. The Kier molecular flexibility index (Phi) is 7.89. The van der Waals surface area contributed by atoms with E-state index < -0.39 is 0 Å². The normalized spacial score (nSPS) is 10.6. The first-order chi connectivity index (χ1) is 14.7. The molecule has 158 valence electrons. The third kappa shape index (κ3) is 6.11. The van der Waals surface area contributed by atoms with Gasteiger partial charge in [-0.3, -0.25) is 0 Å². The molecule has 3 rings (SSSR count). The fourth-order valence-corrected chi connectivity index (χ4v) is 3.13. The molecule has 0 aliphatic carbocycles. The van der Waals surface area contributed by atoms with Crippen LogP contribution in [0.4, 0.5) is 10.5 Å². The van der Waals surface area contributed by atoms with Crippen LogP contribution in [0, 0.1) is 6.92 Å². The molecule has 2 aromatic carbocycles. The van der Waals surface area contributed by atoms with Crippen LogP contribution < -0.4 is 15.4 Å². The van der Waals surface area contributed by atoms with Gasteiger partial charge in [0.2, 0.25) is 0 Å². The summed E-state index contributed by atoms with van der Waals surface area (Å²) < 4.78 is 8.05. The molecule has 6 nitrogen and oxygen atoms in total. The number of benzene rings is 2. The van der Waals surface area contributed by atoms with E-state index >= 15 is 0 Å². The van der Waals surface area contributed by atoms with Gasteiger partial charge in [0.05, 0.1) is 24.3 Å². The molecule has 0 atom stereocenters. The molecule has 0 unspecified atom stereocenters. The van der Waals surface area contributed by atoms with Gasteiger partial charge >= 0.3 is 6.03 Å². The maximum Gasteiger partial charge on any atom is 0.319 e. The van der Waals surface area contributed by atoms with E-state index in [1.165, 1.54) is 0 Å². The summed E-state index contributed by atoms with van der Waals surface area (Å²) >= 11 is 0. The first-order valence-electron chi connectivity index (χ1n) is 10.5. The minimum atomic E-state index is -0.200. The maximum absolute atomic E-state index is 12.1. The maximum atomic E-state index is 12.1. The summed E-state index contributed by atoms with van der Waals surface area (Å²) in [4.78, 5) is 16.6. The van der Waals surface area contributed by atoms with Crippen LogP contribution >= 0.6 is 0 Å². The number of urea groups is 1. The van der Waals surface area contributed by atoms with Crippen LogP contribution in [0.5, 0.6) is 5.75 Å². The highest BCUT2D eigenvalue weighted by Crippen LogP contribution is 2.28. The molecule has 30 heavy (non-hydrogen) atoms. The number of carbonyl (C=O) groups is 1. The summed E-state index contributed by atoms with van der Waals surface area (Å²) in [6.45, 7) is 6.09. The van der Waals surface area contributed by atoms with Crippen molar-refractivity contribution in [1.29, 1.82) is 0 Å². The van der Waals surface area contributed by atoms with Crippen molar-refractivity contribution >= 4 is 11.7 Å². The number of anilines is 1. The molecule has 0 saturated carbocycles. The number of para-hydroxylation sites is 1. The van der Waals surface area contributed by atoms with Crippen LogP contribution in [-0.2, 0) is 6.54 Å². The predicted molar refractivity (Wildman–Crippen MR) is 121 cm³/mol. The third-order valence-corrected chi connectivity index (χ3v) is 4.81. The van der Waals surface area contributed by atoms with Crippen LogP contribution in [0.25, 0.3) is 11.3 Å². The zero-order valence-corrected chi connectivity index (χ0v) is 17.7. The molecule has 0 spiro atoms. The number of aromatic nitrogens is 2. The lowest BCUT2D eigenvalue weighted by molar-refractivity contribution is 0.251. The van der Waals surface area contributed by atoms with Gasteiger partial charge in [-0.25, -0.2) is 9.78 Å². The van der Waals surface area contributed by atoms with Crippen molar-refractivity contribution in [3.8, 4) is 17.0 Å². The first-order valence-corrected chi connectivity index (χ1v) is 10.5. The molecule has 1 heterocycles. The summed E-state index contributed by atoms with van der Waals surface area (Å²) in [5, 5.41) is 5.80. The van der Waals surface area contributed by atoms with Gasteiger partial charge < -0.3 is 19.9 Å². The smallest absolute Gasteiger partial charge is 0.319 e. The number of nitrogens with one attached hydrogen (secondary N) is 2. The van der Waals surface area contributed by atoms with E-state index in [0.717, 1.165) is 48.3 Å². The SMILES string of the molecule is CCCCNC(=O)Nc1c(C)cccc1OCCCn1cnc(-c2ccccc2)c1. The van der Waals surface area contributed by atoms with Crippen molar-refractivity contribution in [3.63, 3.8) is 0 Å². The minimum absolute atomic E-state index is 0.200. The molecular formula is C24H30N4O2. The molecule has 0 radical (unpaired) electrons. The van der Waals surface area contributed by atoms with E-state index in [4.69, 9.17) is 4.74 Å². The van der Waals surface area contributed by atoms with Gasteiger partial charge in [-0.1, -0.05) is 55.8 Å². The van der Waals surface area contributed by atoms with E-state index in [1.54, 1.807) is 0 Å². The second-order valence-corrected chi connectivity index (χ2v) is 7.25. The minimum Gasteiger partial charge on any atom is -0.491 e. The van der Waals surface area contributed by atoms with Crippen LogP contribution in [0.2, 0.25) is 0 Å². The number of unbranched alkanes of at least 4 members (excludes halogenated alkanes) is 1. The average molecular weight is 407 g/mol. The van der Waals surface area contributed by atoms with Crippen LogP contribution in [0.1, 0.15) is 31.7 Å². The number of nitrogens with zero attached hydrogens (tertiary/aromatic N) is 2. The number of rotatable bonds is 10. The van der Waals surface area contributed by atoms with Crippen LogP contribution in [0.15, 0.2) is 61.1 Å². The van der Waals surface area contributed by atoms with Gasteiger partial charge in [-0.05, 0) is 31.4 Å². The van der Waals surface area contributed by atoms with Gasteiger partial charge in [0.25, 0.3) is 0 Å². The lowest BCUT2D eigenvalue weighted by Gasteiger charge is -2.15.